The molecule has 2 aromatic carbocycles. The minimum atomic E-state index is -0.377. The van der Waals surface area contributed by atoms with Crippen LogP contribution in [0.1, 0.15) is 15.2 Å². The van der Waals surface area contributed by atoms with Crippen molar-refractivity contribution in [3.63, 3.8) is 0 Å². The van der Waals surface area contributed by atoms with Crippen molar-refractivity contribution in [3.8, 4) is 0 Å². The monoisotopic (exact) mass is 422 g/mol. The van der Waals surface area contributed by atoms with Crippen molar-refractivity contribution in [2.24, 2.45) is 0 Å². The zero-order valence-electron chi connectivity index (χ0n) is 16.6. The van der Waals surface area contributed by atoms with E-state index in [1.54, 1.807) is 50.5 Å². The predicted molar refractivity (Wildman–Crippen MR) is 120 cm³/mol. The zero-order valence-corrected chi connectivity index (χ0v) is 17.5. The van der Waals surface area contributed by atoms with Gasteiger partial charge in [-0.2, -0.15) is 0 Å². The molecule has 3 N–H and O–H groups in total. The Labute approximate surface area is 178 Å². The molecule has 154 valence electrons. The Morgan fingerprint density at radius 2 is 1.47 bits per heavy atom. The van der Waals surface area contributed by atoms with Gasteiger partial charge in [0.25, 0.3) is 5.91 Å². The summed E-state index contributed by atoms with van der Waals surface area (Å²) in [6, 6.07) is 19.2. The molecule has 3 rings (SSSR count). The molecule has 8 heteroatoms. The fourth-order valence-corrected chi connectivity index (χ4v) is 3.35. The number of carbonyl (C=O) groups excluding carboxylic acids is 3. The number of urea groups is 1. The molecular weight excluding hydrogens is 400 g/mol. The molecule has 0 saturated heterocycles. The normalized spacial score (nSPS) is 10.2. The number of carbonyl (C=O) groups is 3. The summed E-state index contributed by atoms with van der Waals surface area (Å²) in [6.45, 7) is 0. The van der Waals surface area contributed by atoms with Crippen LogP contribution in [0.25, 0.3) is 0 Å². The second-order valence-corrected chi connectivity index (χ2v) is 7.81. The Morgan fingerprint density at radius 3 is 2.13 bits per heavy atom. The van der Waals surface area contributed by atoms with Gasteiger partial charge in [0, 0.05) is 25.5 Å². The third-order valence-electron chi connectivity index (χ3n) is 4.16. The van der Waals surface area contributed by atoms with Crippen LogP contribution in [0.4, 0.5) is 21.2 Å². The van der Waals surface area contributed by atoms with Gasteiger partial charge >= 0.3 is 6.03 Å². The minimum Gasteiger partial charge on any atom is -0.349 e. The van der Waals surface area contributed by atoms with E-state index >= 15 is 0 Å². The van der Waals surface area contributed by atoms with E-state index in [4.69, 9.17) is 0 Å². The van der Waals surface area contributed by atoms with Crippen LogP contribution in [0.2, 0.25) is 0 Å². The summed E-state index contributed by atoms with van der Waals surface area (Å²) >= 11 is 1.18. The van der Waals surface area contributed by atoms with Crippen LogP contribution < -0.4 is 16.0 Å². The van der Waals surface area contributed by atoms with Crippen LogP contribution in [0.3, 0.4) is 0 Å². The molecule has 1 aromatic heterocycles. The minimum absolute atomic E-state index is 0.0155. The highest BCUT2D eigenvalue weighted by Crippen LogP contribution is 2.23. The largest absolute Gasteiger partial charge is 0.349 e. The SMILES string of the molecule is CN(C)C(=O)Cc1ccc(NC(=O)c2ccc(NC(=O)Nc3ccccc3)s2)cc1. The summed E-state index contributed by atoms with van der Waals surface area (Å²) in [6.07, 6.45) is 0.312. The smallest absolute Gasteiger partial charge is 0.324 e. The quantitative estimate of drug-likeness (QED) is 0.554. The number of benzene rings is 2. The van der Waals surface area contributed by atoms with E-state index in [9.17, 15) is 14.4 Å². The van der Waals surface area contributed by atoms with Gasteiger partial charge in [-0.3, -0.25) is 14.9 Å². The topological polar surface area (TPSA) is 90.5 Å². The molecule has 0 radical (unpaired) electrons. The number of thiophene rings is 1. The number of anilines is 3. The van der Waals surface area contributed by atoms with Crippen LogP contribution in [-0.2, 0) is 11.2 Å². The standard InChI is InChI=1S/C22H22N4O3S/c1-26(2)20(27)14-15-8-10-17(11-9-15)23-21(28)18-12-13-19(30-18)25-22(29)24-16-6-4-3-5-7-16/h3-13H,14H2,1-2H3,(H,23,28)(H2,24,25,29). The lowest BCUT2D eigenvalue weighted by molar-refractivity contribution is -0.127. The van der Waals surface area contributed by atoms with Crippen molar-refractivity contribution in [1.29, 1.82) is 0 Å². The maximum absolute atomic E-state index is 12.5. The summed E-state index contributed by atoms with van der Waals surface area (Å²) in [5.41, 5.74) is 2.18. The summed E-state index contributed by atoms with van der Waals surface area (Å²) < 4.78 is 0. The molecule has 3 aromatic rings. The van der Waals surface area contributed by atoms with Gasteiger partial charge in [-0.15, -0.1) is 11.3 Å². The molecule has 0 bridgehead atoms. The molecule has 0 unspecified atom stereocenters. The van der Waals surface area contributed by atoms with E-state index in [0.29, 0.717) is 27.7 Å². The second kappa shape index (κ2) is 9.71. The van der Waals surface area contributed by atoms with Crippen LogP contribution in [0, 0.1) is 0 Å². The summed E-state index contributed by atoms with van der Waals surface area (Å²) in [5.74, 6) is -0.254. The van der Waals surface area contributed by atoms with E-state index in [0.717, 1.165) is 5.56 Å². The molecule has 30 heavy (non-hydrogen) atoms. The molecule has 0 aliphatic heterocycles. The van der Waals surface area contributed by atoms with Crippen molar-refractivity contribution in [3.05, 3.63) is 77.2 Å². The molecule has 0 aliphatic rings. The highest BCUT2D eigenvalue weighted by atomic mass is 32.1. The molecular formula is C22H22N4O3S. The number of para-hydroxylation sites is 1. The van der Waals surface area contributed by atoms with Crippen LogP contribution in [0.15, 0.2) is 66.7 Å². The molecule has 1 heterocycles. The fraction of sp³-hybridized carbons (Fsp3) is 0.136. The van der Waals surface area contributed by atoms with Gasteiger partial charge in [0.15, 0.2) is 0 Å². The summed E-state index contributed by atoms with van der Waals surface area (Å²) in [4.78, 5) is 38.3. The predicted octanol–water partition coefficient (Wildman–Crippen LogP) is 4.28. The van der Waals surface area contributed by atoms with Crippen molar-refractivity contribution < 1.29 is 14.4 Å². The first-order valence-corrected chi connectivity index (χ1v) is 10.1. The fourth-order valence-electron chi connectivity index (χ4n) is 2.55. The Hall–Kier alpha value is -3.65. The van der Waals surface area contributed by atoms with Crippen LogP contribution in [-0.4, -0.2) is 36.8 Å². The molecule has 0 spiro atoms. The molecule has 0 saturated carbocycles. The van der Waals surface area contributed by atoms with Gasteiger partial charge in [0.05, 0.1) is 16.3 Å². The third-order valence-corrected chi connectivity index (χ3v) is 5.16. The summed E-state index contributed by atoms with van der Waals surface area (Å²) in [7, 11) is 3.43. The number of nitrogens with one attached hydrogen (secondary N) is 3. The van der Waals surface area contributed by atoms with E-state index < -0.39 is 0 Å². The first kappa shape index (κ1) is 21.1. The van der Waals surface area contributed by atoms with Crippen molar-refractivity contribution >= 4 is 45.6 Å². The van der Waals surface area contributed by atoms with Crippen molar-refractivity contribution in [2.45, 2.75) is 6.42 Å². The Morgan fingerprint density at radius 1 is 0.800 bits per heavy atom. The maximum atomic E-state index is 12.5. The van der Waals surface area contributed by atoms with Crippen molar-refractivity contribution in [2.75, 3.05) is 30.0 Å². The van der Waals surface area contributed by atoms with E-state index in [1.807, 2.05) is 30.3 Å². The van der Waals surface area contributed by atoms with E-state index in [1.165, 1.54) is 16.2 Å². The number of nitrogens with zero attached hydrogens (tertiary/aromatic N) is 1. The lowest BCUT2D eigenvalue weighted by Gasteiger charge is -2.10. The molecule has 0 aliphatic carbocycles. The Balaban J connectivity index is 1.54. The van der Waals surface area contributed by atoms with Gasteiger partial charge in [0.1, 0.15) is 0 Å². The van der Waals surface area contributed by atoms with Crippen molar-refractivity contribution in [1.82, 2.24) is 4.90 Å². The number of likely N-dealkylation sites (N-methyl/N-ethyl adjacent to an activating group) is 1. The van der Waals surface area contributed by atoms with Crippen LogP contribution in [0.5, 0.6) is 0 Å². The molecule has 0 fully saturated rings. The number of hydrogen-bond donors (Lipinski definition) is 3. The number of amides is 4. The highest BCUT2D eigenvalue weighted by molar-refractivity contribution is 7.18. The van der Waals surface area contributed by atoms with Gasteiger partial charge < -0.3 is 15.5 Å². The van der Waals surface area contributed by atoms with Gasteiger partial charge in [-0.1, -0.05) is 30.3 Å². The number of hydrogen-bond acceptors (Lipinski definition) is 4. The average Bonchev–Trinajstić information content (AvgIpc) is 3.18. The molecule has 4 amide bonds. The maximum Gasteiger partial charge on any atom is 0.324 e. The number of rotatable bonds is 6. The lowest BCUT2D eigenvalue weighted by Crippen LogP contribution is -2.23. The second-order valence-electron chi connectivity index (χ2n) is 6.73. The van der Waals surface area contributed by atoms with E-state index in [2.05, 4.69) is 16.0 Å². The van der Waals surface area contributed by atoms with E-state index in [-0.39, 0.29) is 17.8 Å². The highest BCUT2D eigenvalue weighted by Gasteiger charge is 2.12. The van der Waals surface area contributed by atoms with Crippen LogP contribution >= 0.6 is 11.3 Å². The first-order chi connectivity index (χ1) is 14.4. The Kier molecular flexibility index (Phi) is 6.82. The van der Waals surface area contributed by atoms with Gasteiger partial charge in [-0.25, -0.2) is 4.79 Å². The van der Waals surface area contributed by atoms with Gasteiger partial charge in [-0.05, 0) is 42.0 Å². The average molecular weight is 423 g/mol. The molecule has 7 nitrogen and oxygen atoms in total. The Bertz CT molecular complexity index is 1030. The van der Waals surface area contributed by atoms with Gasteiger partial charge in [0.2, 0.25) is 5.91 Å². The lowest BCUT2D eigenvalue weighted by atomic mass is 10.1. The third kappa shape index (κ3) is 5.92. The zero-order chi connectivity index (χ0) is 21.5. The molecule has 0 atom stereocenters. The first-order valence-electron chi connectivity index (χ1n) is 9.24. The summed E-state index contributed by atoms with van der Waals surface area (Å²) in [5, 5.41) is 8.82.